The van der Waals surface area contributed by atoms with Gasteiger partial charge in [0.05, 0.1) is 13.3 Å². The van der Waals surface area contributed by atoms with Crippen LogP contribution < -0.4 is 5.32 Å². The topological polar surface area (TPSA) is 81.2 Å². The van der Waals surface area contributed by atoms with Crippen molar-refractivity contribution in [2.24, 2.45) is 0 Å². The summed E-state index contributed by atoms with van der Waals surface area (Å²) >= 11 is 2.44. The third-order valence-electron chi connectivity index (χ3n) is 2.87. The smallest absolute Gasteiger partial charge is 0.349 e. The molecule has 0 aliphatic carbocycles. The molecule has 23 heavy (non-hydrogen) atoms. The summed E-state index contributed by atoms with van der Waals surface area (Å²) in [7, 11) is 1.29. The number of nitrogens with one attached hydrogen (secondary N) is 1. The fourth-order valence-corrected chi connectivity index (χ4v) is 3.32. The maximum absolute atomic E-state index is 12.2. The molecule has 0 saturated heterocycles. The lowest BCUT2D eigenvalue weighted by Gasteiger charge is -1.97. The van der Waals surface area contributed by atoms with Gasteiger partial charge in [-0.2, -0.15) is 0 Å². The highest BCUT2D eigenvalue weighted by Crippen LogP contribution is 2.24. The molecule has 0 radical (unpaired) electrons. The molecule has 0 bridgehead atoms. The fraction of sp³-hybridized carbons (Fsp3) is 0.0667. The lowest BCUT2D eigenvalue weighted by Crippen LogP contribution is -2.11. The molecule has 1 N–H and O–H groups in total. The first-order chi connectivity index (χ1) is 11.2. The molecule has 2 heterocycles. The minimum Gasteiger partial charge on any atom is -0.465 e. The Hall–Kier alpha value is -2.58. The SMILES string of the molecule is COC(=O)c1cnc(NC(=O)c2csc(-c3ccccc3)n2)s1. The van der Waals surface area contributed by atoms with Gasteiger partial charge in [-0.3, -0.25) is 10.1 Å². The van der Waals surface area contributed by atoms with Gasteiger partial charge in [0.15, 0.2) is 5.13 Å². The molecule has 1 aromatic carbocycles. The summed E-state index contributed by atoms with van der Waals surface area (Å²) in [6.45, 7) is 0. The zero-order chi connectivity index (χ0) is 16.2. The standard InChI is InChI=1S/C15H11N3O3S2/c1-21-14(20)11-7-16-15(23-11)18-12(19)10-8-22-13(17-10)9-5-3-2-4-6-9/h2-8H,1H3,(H,16,18,19). The Kier molecular flexibility index (Phi) is 4.45. The summed E-state index contributed by atoms with van der Waals surface area (Å²) in [5.74, 6) is -0.850. The number of methoxy groups -OCH3 is 1. The van der Waals surface area contributed by atoms with E-state index in [2.05, 4.69) is 20.0 Å². The molecule has 0 fully saturated rings. The van der Waals surface area contributed by atoms with Crippen molar-refractivity contribution in [1.82, 2.24) is 9.97 Å². The summed E-state index contributed by atoms with van der Waals surface area (Å²) in [6, 6.07) is 9.63. The number of thiazole rings is 2. The third kappa shape index (κ3) is 3.43. The predicted molar refractivity (Wildman–Crippen MR) is 89.0 cm³/mol. The minimum absolute atomic E-state index is 0.309. The van der Waals surface area contributed by atoms with Gasteiger partial charge in [-0.1, -0.05) is 41.7 Å². The summed E-state index contributed by atoms with van der Waals surface area (Å²) in [5, 5.41) is 5.41. The molecule has 3 aromatic rings. The van der Waals surface area contributed by atoms with Gasteiger partial charge in [0, 0.05) is 10.9 Å². The van der Waals surface area contributed by atoms with Crippen LogP contribution in [-0.2, 0) is 4.74 Å². The van der Waals surface area contributed by atoms with Crippen LogP contribution in [0.15, 0.2) is 41.9 Å². The molecule has 0 aliphatic rings. The van der Waals surface area contributed by atoms with Crippen molar-refractivity contribution in [3.8, 4) is 10.6 Å². The highest BCUT2D eigenvalue weighted by Gasteiger charge is 2.15. The van der Waals surface area contributed by atoms with E-state index < -0.39 is 5.97 Å². The van der Waals surface area contributed by atoms with E-state index in [4.69, 9.17) is 0 Å². The van der Waals surface area contributed by atoms with Crippen LogP contribution in [0.4, 0.5) is 5.13 Å². The number of nitrogens with zero attached hydrogens (tertiary/aromatic N) is 2. The predicted octanol–water partition coefficient (Wildman–Crippen LogP) is 3.31. The van der Waals surface area contributed by atoms with Crippen LogP contribution >= 0.6 is 22.7 Å². The maximum Gasteiger partial charge on any atom is 0.349 e. The molecule has 0 saturated carbocycles. The van der Waals surface area contributed by atoms with E-state index in [0.29, 0.717) is 15.7 Å². The van der Waals surface area contributed by atoms with Crippen LogP contribution in [0, 0.1) is 0 Å². The number of benzene rings is 1. The first-order valence-corrected chi connectivity index (χ1v) is 8.23. The molecule has 0 spiro atoms. The van der Waals surface area contributed by atoms with E-state index in [-0.39, 0.29) is 5.91 Å². The van der Waals surface area contributed by atoms with Crippen molar-refractivity contribution >= 4 is 39.7 Å². The Morgan fingerprint density at radius 1 is 1.22 bits per heavy atom. The number of anilines is 1. The van der Waals surface area contributed by atoms with Crippen molar-refractivity contribution in [3.63, 3.8) is 0 Å². The maximum atomic E-state index is 12.2. The second kappa shape index (κ2) is 6.67. The van der Waals surface area contributed by atoms with Crippen LogP contribution in [0.3, 0.4) is 0 Å². The summed E-state index contributed by atoms with van der Waals surface area (Å²) in [5.41, 5.74) is 1.27. The molecular formula is C15H11N3O3S2. The molecular weight excluding hydrogens is 334 g/mol. The van der Waals surface area contributed by atoms with Crippen molar-refractivity contribution in [2.45, 2.75) is 0 Å². The van der Waals surface area contributed by atoms with E-state index in [1.54, 1.807) is 5.38 Å². The number of ether oxygens (including phenoxy) is 1. The monoisotopic (exact) mass is 345 g/mol. The molecule has 3 rings (SSSR count). The molecule has 2 aromatic heterocycles. The number of esters is 1. The number of amides is 1. The Morgan fingerprint density at radius 2 is 2.00 bits per heavy atom. The molecule has 0 atom stereocenters. The van der Waals surface area contributed by atoms with E-state index in [1.807, 2.05) is 30.3 Å². The molecule has 116 valence electrons. The van der Waals surface area contributed by atoms with Crippen molar-refractivity contribution in [2.75, 3.05) is 12.4 Å². The first kappa shape index (κ1) is 15.3. The minimum atomic E-state index is -0.483. The Bertz CT molecular complexity index is 843. The van der Waals surface area contributed by atoms with Crippen LogP contribution in [0.25, 0.3) is 10.6 Å². The Labute approximate surface area is 139 Å². The fourth-order valence-electron chi connectivity index (χ4n) is 1.78. The highest BCUT2D eigenvalue weighted by atomic mass is 32.1. The van der Waals surface area contributed by atoms with Crippen molar-refractivity contribution < 1.29 is 14.3 Å². The van der Waals surface area contributed by atoms with Gasteiger partial charge in [0.2, 0.25) is 0 Å². The van der Waals surface area contributed by atoms with Crippen molar-refractivity contribution in [1.29, 1.82) is 0 Å². The number of carbonyl (C=O) groups is 2. The normalized spacial score (nSPS) is 10.3. The van der Waals surface area contributed by atoms with Crippen LogP contribution in [0.1, 0.15) is 20.2 Å². The average molecular weight is 345 g/mol. The van der Waals surface area contributed by atoms with Gasteiger partial charge in [-0.25, -0.2) is 14.8 Å². The number of hydrogen-bond donors (Lipinski definition) is 1. The van der Waals surface area contributed by atoms with Gasteiger partial charge < -0.3 is 4.74 Å². The van der Waals surface area contributed by atoms with E-state index in [9.17, 15) is 9.59 Å². The lowest BCUT2D eigenvalue weighted by atomic mass is 10.2. The summed E-state index contributed by atoms with van der Waals surface area (Å²) in [4.78, 5) is 32.2. The molecule has 6 nitrogen and oxygen atoms in total. The largest absolute Gasteiger partial charge is 0.465 e. The molecule has 0 unspecified atom stereocenters. The van der Waals surface area contributed by atoms with Crippen LogP contribution in [-0.4, -0.2) is 29.0 Å². The number of rotatable bonds is 4. The molecule has 8 heteroatoms. The van der Waals surface area contributed by atoms with E-state index in [1.165, 1.54) is 24.6 Å². The van der Waals surface area contributed by atoms with E-state index in [0.717, 1.165) is 21.9 Å². The van der Waals surface area contributed by atoms with Gasteiger partial charge in [-0.15, -0.1) is 11.3 Å². The van der Waals surface area contributed by atoms with Crippen molar-refractivity contribution in [3.05, 3.63) is 52.5 Å². The second-order valence-electron chi connectivity index (χ2n) is 4.38. The third-order valence-corrected chi connectivity index (χ3v) is 4.65. The zero-order valence-corrected chi connectivity index (χ0v) is 13.6. The number of aromatic nitrogens is 2. The zero-order valence-electron chi connectivity index (χ0n) is 12.0. The Morgan fingerprint density at radius 3 is 2.74 bits per heavy atom. The van der Waals surface area contributed by atoms with Gasteiger partial charge in [-0.05, 0) is 0 Å². The van der Waals surface area contributed by atoms with Gasteiger partial charge in [0.1, 0.15) is 15.6 Å². The first-order valence-electron chi connectivity index (χ1n) is 6.54. The second-order valence-corrected chi connectivity index (χ2v) is 6.27. The van der Waals surface area contributed by atoms with Crippen LogP contribution in [0.2, 0.25) is 0 Å². The van der Waals surface area contributed by atoms with Gasteiger partial charge in [0.25, 0.3) is 5.91 Å². The highest BCUT2D eigenvalue weighted by molar-refractivity contribution is 7.17. The average Bonchev–Trinajstić information content (AvgIpc) is 3.24. The summed E-state index contributed by atoms with van der Waals surface area (Å²) < 4.78 is 4.60. The van der Waals surface area contributed by atoms with E-state index >= 15 is 0 Å². The lowest BCUT2D eigenvalue weighted by molar-refractivity contribution is 0.0606. The van der Waals surface area contributed by atoms with Crippen LogP contribution in [0.5, 0.6) is 0 Å². The number of carbonyl (C=O) groups excluding carboxylic acids is 2. The molecule has 1 amide bonds. The quantitative estimate of drug-likeness (QED) is 0.734. The van der Waals surface area contributed by atoms with Gasteiger partial charge >= 0.3 is 5.97 Å². The molecule has 0 aliphatic heterocycles. The number of hydrogen-bond acceptors (Lipinski definition) is 7. The summed E-state index contributed by atoms with van der Waals surface area (Å²) in [6.07, 6.45) is 1.36. The Balaban J connectivity index is 1.73.